The number of phenolic OH excluding ortho intramolecular Hbond substituents is 1. The van der Waals surface area contributed by atoms with Gasteiger partial charge in [-0.15, -0.1) is 0 Å². The van der Waals surface area contributed by atoms with Crippen LogP contribution in [0.5, 0.6) is 5.75 Å². The SMILES string of the molecule is OCCNC1CCCc2ccc(O)cc21. The lowest BCUT2D eigenvalue weighted by molar-refractivity contribution is 0.280. The van der Waals surface area contributed by atoms with E-state index in [1.54, 1.807) is 6.07 Å². The van der Waals surface area contributed by atoms with Crippen molar-refractivity contribution in [2.45, 2.75) is 25.3 Å². The van der Waals surface area contributed by atoms with Crippen molar-refractivity contribution < 1.29 is 10.2 Å². The Morgan fingerprint density at radius 3 is 3.07 bits per heavy atom. The molecule has 15 heavy (non-hydrogen) atoms. The summed E-state index contributed by atoms with van der Waals surface area (Å²) in [6.07, 6.45) is 3.34. The lowest BCUT2D eigenvalue weighted by Crippen LogP contribution is -2.27. The van der Waals surface area contributed by atoms with Gasteiger partial charge in [-0.2, -0.15) is 0 Å². The lowest BCUT2D eigenvalue weighted by Gasteiger charge is -2.26. The first-order valence-electron chi connectivity index (χ1n) is 5.47. The second-order valence-electron chi connectivity index (χ2n) is 4.01. The molecule has 3 N–H and O–H groups in total. The molecule has 0 amide bonds. The van der Waals surface area contributed by atoms with Crippen molar-refractivity contribution in [2.75, 3.05) is 13.2 Å². The molecule has 0 bridgehead atoms. The van der Waals surface area contributed by atoms with E-state index in [-0.39, 0.29) is 12.6 Å². The van der Waals surface area contributed by atoms with Crippen LogP contribution >= 0.6 is 0 Å². The van der Waals surface area contributed by atoms with Gasteiger partial charge in [0.15, 0.2) is 0 Å². The van der Waals surface area contributed by atoms with Crippen molar-refractivity contribution in [3.63, 3.8) is 0 Å². The highest BCUT2D eigenvalue weighted by Crippen LogP contribution is 2.31. The van der Waals surface area contributed by atoms with E-state index in [2.05, 4.69) is 5.32 Å². The van der Waals surface area contributed by atoms with Gasteiger partial charge in [-0.25, -0.2) is 0 Å². The van der Waals surface area contributed by atoms with Gasteiger partial charge in [0.05, 0.1) is 6.61 Å². The number of fused-ring (bicyclic) bond motifs is 1. The topological polar surface area (TPSA) is 52.5 Å². The molecule has 0 fully saturated rings. The minimum absolute atomic E-state index is 0.157. The third kappa shape index (κ3) is 2.30. The van der Waals surface area contributed by atoms with Crippen LogP contribution in [0.25, 0.3) is 0 Å². The van der Waals surface area contributed by atoms with Crippen molar-refractivity contribution >= 4 is 0 Å². The molecule has 0 saturated heterocycles. The molecule has 0 saturated carbocycles. The van der Waals surface area contributed by atoms with Crippen LogP contribution in [0.3, 0.4) is 0 Å². The molecule has 3 nitrogen and oxygen atoms in total. The van der Waals surface area contributed by atoms with Crippen LogP contribution in [0.2, 0.25) is 0 Å². The van der Waals surface area contributed by atoms with Crippen molar-refractivity contribution in [3.8, 4) is 5.75 Å². The molecule has 0 aromatic heterocycles. The highest BCUT2D eigenvalue weighted by Gasteiger charge is 2.19. The lowest BCUT2D eigenvalue weighted by atomic mass is 9.87. The molecular formula is C12H17NO2. The Bertz CT molecular complexity index is 338. The molecule has 0 spiro atoms. The van der Waals surface area contributed by atoms with E-state index in [1.165, 1.54) is 17.5 Å². The quantitative estimate of drug-likeness (QED) is 0.701. The standard InChI is InChI=1S/C12H17NO2/c14-7-6-13-12-3-1-2-9-4-5-10(15)8-11(9)12/h4-5,8,12-15H,1-3,6-7H2. The second kappa shape index (κ2) is 4.64. The van der Waals surface area contributed by atoms with E-state index in [4.69, 9.17) is 5.11 Å². The summed E-state index contributed by atoms with van der Waals surface area (Å²) in [5, 5.41) is 21.5. The Morgan fingerprint density at radius 1 is 1.40 bits per heavy atom. The van der Waals surface area contributed by atoms with Crippen molar-refractivity contribution in [3.05, 3.63) is 29.3 Å². The van der Waals surface area contributed by atoms with Crippen molar-refractivity contribution in [1.82, 2.24) is 5.32 Å². The summed E-state index contributed by atoms with van der Waals surface area (Å²) in [5.74, 6) is 0.325. The maximum absolute atomic E-state index is 9.45. The van der Waals surface area contributed by atoms with Gasteiger partial charge in [-0.1, -0.05) is 6.07 Å². The number of aliphatic hydroxyl groups excluding tert-OH is 1. The number of phenols is 1. The average Bonchev–Trinajstić information content (AvgIpc) is 2.26. The maximum Gasteiger partial charge on any atom is 0.115 e. The normalized spacial score (nSPS) is 19.9. The molecule has 1 aliphatic rings. The number of nitrogens with one attached hydrogen (secondary N) is 1. The number of benzene rings is 1. The first-order valence-corrected chi connectivity index (χ1v) is 5.47. The van der Waals surface area contributed by atoms with E-state index in [0.29, 0.717) is 12.3 Å². The molecule has 0 radical (unpaired) electrons. The highest BCUT2D eigenvalue weighted by atomic mass is 16.3. The first kappa shape index (κ1) is 10.5. The predicted molar refractivity (Wildman–Crippen MR) is 58.9 cm³/mol. The van der Waals surface area contributed by atoms with Gasteiger partial charge in [0.1, 0.15) is 5.75 Å². The average molecular weight is 207 g/mol. The molecule has 82 valence electrons. The van der Waals surface area contributed by atoms with Gasteiger partial charge >= 0.3 is 0 Å². The minimum atomic E-state index is 0.157. The molecule has 0 heterocycles. The van der Waals surface area contributed by atoms with Crippen LogP contribution in [0.15, 0.2) is 18.2 Å². The van der Waals surface area contributed by atoms with Gasteiger partial charge in [0.25, 0.3) is 0 Å². The molecule has 1 atom stereocenters. The van der Waals surface area contributed by atoms with E-state index in [1.807, 2.05) is 12.1 Å². The zero-order valence-corrected chi connectivity index (χ0v) is 8.74. The van der Waals surface area contributed by atoms with E-state index >= 15 is 0 Å². The van der Waals surface area contributed by atoms with Gasteiger partial charge in [-0.3, -0.25) is 0 Å². The molecule has 1 unspecified atom stereocenters. The van der Waals surface area contributed by atoms with Gasteiger partial charge in [0, 0.05) is 12.6 Å². The smallest absolute Gasteiger partial charge is 0.115 e. The summed E-state index contributed by atoms with van der Waals surface area (Å²) in [6.45, 7) is 0.768. The fourth-order valence-corrected chi connectivity index (χ4v) is 2.24. The Morgan fingerprint density at radius 2 is 2.27 bits per heavy atom. The Kier molecular flexibility index (Phi) is 3.23. The predicted octanol–water partition coefficient (Wildman–Crippen LogP) is 1.35. The fourth-order valence-electron chi connectivity index (χ4n) is 2.24. The van der Waals surface area contributed by atoms with E-state index < -0.39 is 0 Å². The summed E-state index contributed by atoms with van der Waals surface area (Å²) in [4.78, 5) is 0. The molecule has 0 aliphatic heterocycles. The van der Waals surface area contributed by atoms with Gasteiger partial charge < -0.3 is 15.5 Å². The highest BCUT2D eigenvalue weighted by molar-refractivity contribution is 5.38. The Hall–Kier alpha value is -1.06. The molecule has 1 aromatic carbocycles. The third-order valence-electron chi connectivity index (χ3n) is 2.95. The van der Waals surface area contributed by atoms with E-state index in [9.17, 15) is 5.11 Å². The summed E-state index contributed by atoms with van der Waals surface area (Å²) in [7, 11) is 0. The fraction of sp³-hybridized carbons (Fsp3) is 0.500. The van der Waals surface area contributed by atoms with E-state index in [0.717, 1.165) is 12.8 Å². The monoisotopic (exact) mass is 207 g/mol. The number of aliphatic hydroxyl groups is 1. The van der Waals surface area contributed by atoms with Crippen LogP contribution in [0.1, 0.15) is 30.0 Å². The maximum atomic E-state index is 9.45. The number of hydrogen-bond donors (Lipinski definition) is 3. The molecule has 1 aliphatic carbocycles. The number of hydrogen-bond acceptors (Lipinski definition) is 3. The number of aromatic hydroxyl groups is 1. The number of rotatable bonds is 3. The molecular weight excluding hydrogens is 190 g/mol. The molecule has 1 aromatic rings. The Labute approximate surface area is 89.8 Å². The first-order chi connectivity index (χ1) is 7.31. The third-order valence-corrected chi connectivity index (χ3v) is 2.95. The minimum Gasteiger partial charge on any atom is -0.508 e. The summed E-state index contributed by atoms with van der Waals surface area (Å²) >= 11 is 0. The van der Waals surface area contributed by atoms with Crippen LogP contribution in [0, 0.1) is 0 Å². The summed E-state index contributed by atoms with van der Waals surface area (Å²) in [6, 6.07) is 5.86. The Balaban J connectivity index is 2.20. The van der Waals surface area contributed by atoms with Crippen LogP contribution in [-0.4, -0.2) is 23.4 Å². The summed E-state index contributed by atoms with van der Waals surface area (Å²) in [5.41, 5.74) is 2.50. The largest absolute Gasteiger partial charge is 0.508 e. The van der Waals surface area contributed by atoms with Crippen LogP contribution in [-0.2, 0) is 6.42 Å². The summed E-state index contributed by atoms with van der Waals surface area (Å²) < 4.78 is 0. The zero-order valence-electron chi connectivity index (χ0n) is 8.74. The van der Waals surface area contributed by atoms with Gasteiger partial charge in [0.2, 0.25) is 0 Å². The number of aryl methyl sites for hydroxylation is 1. The van der Waals surface area contributed by atoms with Crippen LogP contribution in [0.4, 0.5) is 0 Å². The molecule has 3 heteroatoms. The van der Waals surface area contributed by atoms with Gasteiger partial charge in [-0.05, 0) is 42.5 Å². The van der Waals surface area contributed by atoms with Crippen molar-refractivity contribution in [2.24, 2.45) is 0 Å². The van der Waals surface area contributed by atoms with Crippen molar-refractivity contribution in [1.29, 1.82) is 0 Å². The zero-order chi connectivity index (χ0) is 10.7. The van der Waals surface area contributed by atoms with Crippen LogP contribution < -0.4 is 5.32 Å². The molecule has 2 rings (SSSR count). The second-order valence-corrected chi connectivity index (χ2v) is 4.01.